The van der Waals surface area contributed by atoms with Gasteiger partial charge in [0, 0.05) is 11.6 Å². The van der Waals surface area contributed by atoms with E-state index in [0.717, 1.165) is 4.31 Å². The van der Waals surface area contributed by atoms with Gasteiger partial charge in [-0.1, -0.05) is 36.4 Å². The quantitative estimate of drug-likeness (QED) is 0.207. The minimum Gasteiger partial charge on any atom is -0.493 e. The van der Waals surface area contributed by atoms with E-state index in [4.69, 9.17) is 21.1 Å². The first-order chi connectivity index (χ1) is 17.7. The van der Waals surface area contributed by atoms with Crippen LogP contribution >= 0.6 is 11.6 Å². The number of nitrogens with zero attached hydrogens (tertiary/aromatic N) is 2. The molecule has 0 unspecified atom stereocenters. The smallest absolute Gasteiger partial charge is 0.255 e. The molecular formula is C26H25ClFN3O5S. The lowest BCUT2D eigenvalue weighted by Crippen LogP contribution is -2.39. The number of rotatable bonds is 12. The summed E-state index contributed by atoms with van der Waals surface area (Å²) in [6.07, 6.45) is 2.99. The lowest BCUT2D eigenvalue weighted by Gasteiger charge is -2.21. The second-order valence-corrected chi connectivity index (χ2v) is 10.0. The highest BCUT2D eigenvalue weighted by Crippen LogP contribution is 2.27. The Morgan fingerprint density at radius 1 is 1.11 bits per heavy atom. The summed E-state index contributed by atoms with van der Waals surface area (Å²) < 4.78 is 51.7. The summed E-state index contributed by atoms with van der Waals surface area (Å²) in [5.41, 5.74) is 3.45. The van der Waals surface area contributed by atoms with Gasteiger partial charge in [-0.25, -0.2) is 18.2 Å². The number of nitrogens with one attached hydrogen (secondary N) is 1. The molecule has 194 valence electrons. The summed E-state index contributed by atoms with van der Waals surface area (Å²) in [6, 6.07) is 16.0. The van der Waals surface area contributed by atoms with E-state index in [9.17, 15) is 17.6 Å². The Hall–Kier alpha value is -3.73. The van der Waals surface area contributed by atoms with Gasteiger partial charge in [0.05, 0.1) is 24.8 Å². The summed E-state index contributed by atoms with van der Waals surface area (Å²) in [4.78, 5) is 12.6. The van der Waals surface area contributed by atoms with E-state index in [-0.39, 0.29) is 11.4 Å². The lowest BCUT2D eigenvalue weighted by atomic mass is 10.2. The topological polar surface area (TPSA) is 97.3 Å². The van der Waals surface area contributed by atoms with Crippen LogP contribution in [-0.2, 0) is 21.4 Å². The molecule has 0 spiro atoms. The Bertz CT molecular complexity index is 1360. The van der Waals surface area contributed by atoms with E-state index in [2.05, 4.69) is 17.1 Å². The molecule has 0 aromatic heterocycles. The first kappa shape index (κ1) is 27.9. The number of hydrogen-bond acceptors (Lipinski definition) is 6. The number of carbonyl (C=O) groups is 1. The molecule has 3 aromatic rings. The number of ether oxygens (including phenoxy) is 2. The first-order valence-corrected chi connectivity index (χ1v) is 12.8. The van der Waals surface area contributed by atoms with Crippen LogP contribution in [0.4, 0.5) is 4.39 Å². The molecule has 37 heavy (non-hydrogen) atoms. The van der Waals surface area contributed by atoms with Crippen LogP contribution in [0.1, 0.15) is 11.1 Å². The number of benzene rings is 3. The van der Waals surface area contributed by atoms with Crippen molar-refractivity contribution in [1.29, 1.82) is 0 Å². The van der Waals surface area contributed by atoms with Crippen LogP contribution in [-0.4, -0.2) is 45.1 Å². The molecule has 1 amide bonds. The van der Waals surface area contributed by atoms with Crippen LogP contribution in [0.3, 0.4) is 0 Å². The van der Waals surface area contributed by atoms with Gasteiger partial charge in [-0.2, -0.15) is 9.41 Å². The summed E-state index contributed by atoms with van der Waals surface area (Å²) in [5, 5.41) is 4.29. The molecule has 11 heteroatoms. The molecule has 0 bridgehead atoms. The summed E-state index contributed by atoms with van der Waals surface area (Å²) in [6.45, 7) is 3.22. The molecule has 3 aromatic carbocycles. The second kappa shape index (κ2) is 13.0. The van der Waals surface area contributed by atoms with Crippen molar-refractivity contribution in [2.45, 2.75) is 11.4 Å². The Morgan fingerprint density at radius 3 is 2.46 bits per heavy atom. The fourth-order valence-corrected chi connectivity index (χ4v) is 4.69. The minimum atomic E-state index is -4.09. The van der Waals surface area contributed by atoms with Crippen molar-refractivity contribution < 1.29 is 27.1 Å². The van der Waals surface area contributed by atoms with E-state index in [1.807, 2.05) is 0 Å². The van der Waals surface area contributed by atoms with Crippen LogP contribution in [0, 0.1) is 5.82 Å². The zero-order valence-electron chi connectivity index (χ0n) is 19.9. The number of methoxy groups -OCH3 is 1. The van der Waals surface area contributed by atoms with Crippen molar-refractivity contribution in [3.05, 3.63) is 101 Å². The second-order valence-electron chi connectivity index (χ2n) is 7.66. The predicted molar refractivity (Wildman–Crippen MR) is 140 cm³/mol. The van der Waals surface area contributed by atoms with Crippen molar-refractivity contribution in [2.24, 2.45) is 5.10 Å². The number of sulfonamides is 1. The summed E-state index contributed by atoms with van der Waals surface area (Å²) in [5.74, 6) is -0.141. The molecule has 0 heterocycles. The molecule has 0 fully saturated rings. The fourth-order valence-electron chi connectivity index (χ4n) is 3.18. The average Bonchev–Trinajstić information content (AvgIpc) is 2.88. The van der Waals surface area contributed by atoms with Gasteiger partial charge in [0.1, 0.15) is 12.4 Å². The first-order valence-electron chi connectivity index (χ1n) is 11.0. The van der Waals surface area contributed by atoms with Crippen LogP contribution in [0.25, 0.3) is 0 Å². The van der Waals surface area contributed by atoms with Crippen molar-refractivity contribution >= 4 is 33.7 Å². The molecule has 0 atom stereocenters. The molecule has 0 aliphatic carbocycles. The third-order valence-electron chi connectivity index (χ3n) is 4.99. The lowest BCUT2D eigenvalue weighted by molar-refractivity contribution is -0.121. The number of amides is 1. The van der Waals surface area contributed by atoms with E-state index < -0.39 is 28.3 Å². The van der Waals surface area contributed by atoms with Crippen LogP contribution in [0.5, 0.6) is 11.5 Å². The molecule has 1 N–H and O–H groups in total. The van der Waals surface area contributed by atoms with Gasteiger partial charge >= 0.3 is 0 Å². The Morgan fingerprint density at radius 2 is 1.81 bits per heavy atom. The number of halogens is 2. The fraction of sp³-hybridized carbons (Fsp3) is 0.154. The zero-order chi connectivity index (χ0) is 26.8. The molecule has 0 saturated carbocycles. The molecule has 0 saturated heterocycles. The van der Waals surface area contributed by atoms with Crippen LogP contribution < -0.4 is 14.9 Å². The highest BCUT2D eigenvalue weighted by Gasteiger charge is 2.27. The normalized spacial score (nSPS) is 11.5. The van der Waals surface area contributed by atoms with Gasteiger partial charge in [-0.3, -0.25) is 4.79 Å². The van der Waals surface area contributed by atoms with Crippen molar-refractivity contribution in [3.8, 4) is 11.5 Å². The van der Waals surface area contributed by atoms with E-state index >= 15 is 0 Å². The maximum absolute atomic E-state index is 13.3. The van der Waals surface area contributed by atoms with Crippen molar-refractivity contribution in [3.63, 3.8) is 0 Å². The van der Waals surface area contributed by atoms with Crippen molar-refractivity contribution in [2.75, 3.05) is 20.3 Å². The van der Waals surface area contributed by atoms with Crippen LogP contribution in [0.2, 0.25) is 5.02 Å². The predicted octanol–water partition coefficient (Wildman–Crippen LogP) is 4.39. The Balaban J connectivity index is 1.75. The van der Waals surface area contributed by atoms with Gasteiger partial charge in [0.15, 0.2) is 11.5 Å². The third-order valence-corrected chi connectivity index (χ3v) is 7.05. The third kappa shape index (κ3) is 7.88. The SMILES string of the molecule is C=CCOc1ccc(/C=N\NC(=O)CN(Cc2ccc(F)cc2)S(=O)(=O)c2ccc(Cl)cc2)cc1OC. The summed E-state index contributed by atoms with van der Waals surface area (Å²) >= 11 is 5.89. The molecule has 0 radical (unpaired) electrons. The standard InChI is InChI=1S/C26H25ClFN3O5S/c1-3-14-36-24-13-6-20(15-25(24)35-2)16-29-30-26(32)18-31(17-19-4-9-22(28)10-5-19)37(33,34)23-11-7-21(27)8-12-23/h3-13,15-16H,1,14,17-18H2,2H3,(H,30,32)/b29-16-. The molecular weight excluding hydrogens is 521 g/mol. The average molecular weight is 546 g/mol. The largest absolute Gasteiger partial charge is 0.493 e. The van der Waals surface area contributed by atoms with Gasteiger partial charge in [0.2, 0.25) is 10.0 Å². The maximum Gasteiger partial charge on any atom is 0.255 e. The zero-order valence-corrected chi connectivity index (χ0v) is 21.5. The van der Waals surface area contributed by atoms with Gasteiger partial charge in [-0.05, 0) is 65.7 Å². The number of carbonyl (C=O) groups excluding carboxylic acids is 1. The van der Waals surface area contributed by atoms with E-state index in [1.165, 1.54) is 61.9 Å². The number of hydrogen-bond donors (Lipinski definition) is 1. The van der Waals surface area contributed by atoms with E-state index in [1.54, 1.807) is 24.3 Å². The molecule has 0 aliphatic heterocycles. The molecule has 3 rings (SSSR count). The summed E-state index contributed by atoms with van der Waals surface area (Å²) in [7, 11) is -2.59. The monoisotopic (exact) mass is 545 g/mol. The van der Waals surface area contributed by atoms with Crippen LogP contribution in [0.15, 0.2) is 89.4 Å². The van der Waals surface area contributed by atoms with Gasteiger partial charge in [0.25, 0.3) is 5.91 Å². The van der Waals surface area contributed by atoms with E-state index in [0.29, 0.717) is 34.3 Å². The Labute approximate surface area is 220 Å². The van der Waals surface area contributed by atoms with Gasteiger partial charge in [-0.15, -0.1) is 0 Å². The highest BCUT2D eigenvalue weighted by molar-refractivity contribution is 7.89. The molecule has 0 aliphatic rings. The number of hydrazone groups is 1. The van der Waals surface area contributed by atoms with Crippen molar-refractivity contribution in [1.82, 2.24) is 9.73 Å². The minimum absolute atomic E-state index is 0.0406. The van der Waals surface area contributed by atoms with Gasteiger partial charge < -0.3 is 9.47 Å². The Kier molecular flexibility index (Phi) is 9.78. The highest BCUT2D eigenvalue weighted by atomic mass is 35.5. The molecule has 8 nitrogen and oxygen atoms in total. The maximum atomic E-state index is 13.3.